The van der Waals surface area contributed by atoms with Crippen molar-refractivity contribution in [2.24, 2.45) is 4.99 Å². The number of imidazole rings is 1. The Bertz CT molecular complexity index is 3230. The topological polar surface area (TPSA) is 182 Å². The molecule has 1 aliphatic heterocycles. The molecule has 2 aromatic heterocycles. The Morgan fingerprint density at radius 3 is 2.13 bits per heavy atom. The fourth-order valence-corrected chi connectivity index (χ4v) is 11.9. The molecular formula is C58H64N9O8P. The van der Waals surface area contributed by atoms with Gasteiger partial charge in [0.1, 0.15) is 29.4 Å². The molecule has 1 aliphatic carbocycles. The van der Waals surface area contributed by atoms with Crippen LogP contribution in [0.4, 0.5) is 17.6 Å². The van der Waals surface area contributed by atoms with Crippen molar-refractivity contribution in [2.75, 3.05) is 46.4 Å². The van der Waals surface area contributed by atoms with Gasteiger partial charge in [0.05, 0.1) is 58.1 Å². The summed E-state index contributed by atoms with van der Waals surface area (Å²) in [6.07, 6.45) is -0.00730. The molecule has 0 spiro atoms. The first-order chi connectivity index (χ1) is 36.7. The molecular weight excluding hydrogens is 982 g/mol. The van der Waals surface area contributed by atoms with Gasteiger partial charge in [0.2, 0.25) is 17.8 Å². The molecule has 0 radical (unpaired) electrons. The van der Waals surface area contributed by atoms with E-state index in [0.717, 1.165) is 33.4 Å². The van der Waals surface area contributed by atoms with Crippen LogP contribution in [0.1, 0.15) is 81.5 Å². The SMILES string of the molecule is COc1ccc(C(OC[C@H]2O[C@@H](n3c(N(C(C)=O)c4ccc5c(c4)Cc4ccccc4-5)nc4c(=O)[nH]c(N=CN(C)C)nc43)C[C@@H]2OP(OCCC#N)N(C(C)C)C(C)C)(c2ccccc2)c2ccc(OC)cc2)cc1. The average Bonchev–Trinajstić information content (AvgIpc) is 4.16. The first-order valence-electron chi connectivity index (χ1n) is 25.4. The van der Waals surface area contributed by atoms with E-state index in [2.05, 4.69) is 60.5 Å². The van der Waals surface area contributed by atoms with Gasteiger partial charge in [0, 0.05) is 39.5 Å². The molecule has 9 rings (SSSR count). The highest BCUT2D eigenvalue weighted by Crippen LogP contribution is 2.52. The molecule has 0 bridgehead atoms. The molecule has 17 nitrogen and oxygen atoms in total. The van der Waals surface area contributed by atoms with Crippen LogP contribution in [-0.2, 0) is 35.3 Å². The predicted molar refractivity (Wildman–Crippen MR) is 294 cm³/mol. The number of fused-ring (bicyclic) bond motifs is 4. The second kappa shape index (κ2) is 23.3. The van der Waals surface area contributed by atoms with Crippen molar-refractivity contribution in [1.82, 2.24) is 29.1 Å². The number of methoxy groups -OCH3 is 2. The lowest BCUT2D eigenvalue weighted by Crippen LogP contribution is -2.39. The van der Waals surface area contributed by atoms with E-state index in [1.165, 1.54) is 23.7 Å². The fourth-order valence-electron chi connectivity index (χ4n) is 10.1. The summed E-state index contributed by atoms with van der Waals surface area (Å²) in [6, 6.07) is 41.9. The lowest BCUT2D eigenvalue weighted by Gasteiger charge is -2.39. The highest BCUT2D eigenvalue weighted by atomic mass is 31.2. The third kappa shape index (κ3) is 10.9. The molecule has 76 heavy (non-hydrogen) atoms. The number of aromatic amines is 1. The number of carbonyl (C=O) groups excluding carboxylic acids is 1. The number of carbonyl (C=O) groups is 1. The Morgan fingerprint density at radius 1 is 0.882 bits per heavy atom. The van der Waals surface area contributed by atoms with E-state index in [1.807, 2.05) is 123 Å². The molecule has 1 amide bonds. The van der Waals surface area contributed by atoms with Crippen molar-refractivity contribution >= 4 is 49.5 Å². The van der Waals surface area contributed by atoms with Gasteiger partial charge in [-0.3, -0.25) is 24.0 Å². The number of hydrogen-bond acceptors (Lipinski definition) is 13. The van der Waals surface area contributed by atoms with E-state index < -0.39 is 38.1 Å². The van der Waals surface area contributed by atoms with Crippen molar-refractivity contribution in [1.29, 1.82) is 5.26 Å². The smallest absolute Gasteiger partial charge is 0.280 e. The summed E-state index contributed by atoms with van der Waals surface area (Å²) in [5, 5.41) is 9.65. The van der Waals surface area contributed by atoms with E-state index in [9.17, 15) is 14.9 Å². The second-order valence-electron chi connectivity index (χ2n) is 19.5. The molecule has 1 N–H and O–H groups in total. The van der Waals surface area contributed by atoms with Crippen LogP contribution in [0, 0.1) is 11.3 Å². The average molecular weight is 1050 g/mol. The van der Waals surface area contributed by atoms with Crippen LogP contribution >= 0.6 is 8.53 Å². The van der Waals surface area contributed by atoms with Crippen molar-refractivity contribution in [2.45, 2.75) is 90.0 Å². The third-order valence-corrected chi connectivity index (χ3v) is 15.6. The lowest BCUT2D eigenvalue weighted by atomic mass is 9.80. The summed E-state index contributed by atoms with van der Waals surface area (Å²) in [5.41, 5.74) is 5.83. The minimum Gasteiger partial charge on any atom is -0.497 e. The lowest BCUT2D eigenvalue weighted by molar-refractivity contribution is -0.116. The molecule has 1 fully saturated rings. The third-order valence-electron chi connectivity index (χ3n) is 13.5. The Labute approximate surface area is 444 Å². The van der Waals surface area contributed by atoms with Gasteiger partial charge in [0.25, 0.3) is 14.1 Å². The van der Waals surface area contributed by atoms with Crippen LogP contribution in [-0.4, -0.2) is 107 Å². The van der Waals surface area contributed by atoms with Crippen molar-refractivity contribution in [3.63, 3.8) is 0 Å². The number of H-pyrrole nitrogens is 1. The molecule has 2 aliphatic rings. The molecule has 18 heteroatoms. The van der Waals surface area contributed by atoms with Gasteiger partial charge in [-0.15, -0.1) is 0 Å². The second-order valence-corrected chi connectivity index (χ2v) is 20.9. The summed E-state index contributed by atoms with van der Waals surface area (Å²) in [4.78, 5) is 48.9. The van der Waals surface area contributed by atoms with E-state index in [0.29, 0.717) is 23.6 Å². The molecule has 4 atom stereocenters. The molecule has 0 saturated carbocycles. The highest BCUT2D eigenvalue weighted by Gasteiger charge is 2.46. The monoisotopic (exact) mass is 1050 g/mol. The summed E-state index contributed by atoms with van der Waals surface area (Å²) in [5.74, 6) is 1.14. The Balaban J connectivity index is 1.21. The summed E-state index contributed by atoms with van der Waals surface area (Å²) < 4.78 is 43.8. The quantitative estimate of drug-likeness (QED) is 0.0236. The summed E-state index contributed by atoms with van der Waals surface area (Å²) in [7, 11) is 5.06. The molecule has 5 aromatic carbocycles. The van der Waals surface area contributed by atoms with Crippen LogP contribution in [0.2, 0.25) is 0 Å². The van der Waals surface area contributed by atoms with Crippen LogP contribution in [0.15, 0.2) is 131 Å². The number of hydrogen-bond donors (Lipinski definition) is 1. The Kier molecular flexibility index (Phi) is 16.4. The van der Waals surface area contributed by atoms with Crippen LogP contribution in [0.5, 0.6) is 11.5 Å². The number of aliphatic imine (C=N–C) groups is 1. The van der Waals surface area contributed by atoms with E-state index >= 15 is 0 Å². The Hall–Kier alpha value is -7.29. The van der Waals surface area contributed by atoms with E-state index in [-0.39, 0.29) is 67.1 Å². The van der Waals surface area contributed by atoms with Crippen LogP contribution in [0.3, 0.4) is 0 Å². The summed E-state index contributed by atoms with van der Waals surface area (Å²) >= 11 is 0. The molecule has 7 aromatic rings. The predicted octanol–water partition coefficient (Wildman–Crippen LogP) is 10.6. The van der Waals surface area contributed by atoms with Gasteiger partial charge in [-0.25, -0.2) is 14.6 Å². The maximum atomic E-state index is 14.3. The van der Waals surface area contributed by atoms with Crippen molar-refractivity contribution in [3.8, 4) is 28.7 Å². The summed E-state index contributed by atoms with van der Waals surface area (Å²) in [6.45, 7) is 9.88. The number of anilines is 2. The largest absolute Gasteiger partial charge is 0.497 e. The maximum Gasteiger partial charge on any atom is 0.280 e. The molecule has 1 saturated heterocycles. The van der Waals surface area contributed by atoms with Gasteiger partial charge in [-0.1, -0.05) is 84.9 Å². The van der Waals surface area contributed by atoms with Gasteiger partial charge < -0.3 is 32.9 Å². The first-order valence-corrected chi connectivity index (χ1v) is 26.5. The van der Waals surface area contributed by atoms with Crippen LogP contribution in [0.25, 0.3) is 22.3 Å². The first kappa shape index (κ1) is 53.5. The minimum atomic E-state index is -1.82. The maximum absolute atomic E-state index is 14.3. The Morgan fingerprint density at radius 2 is 1.51 bits per heavy atom. The van der Waals surface area contributed by atoms with Crippen molar-refractivity contribution in [3.05, 3.63) is 159 Å². The van der Waals surface area contributed by atoms with Gasteiger partial charge in [-0.05, 0) is 109 Å². The van der Waals surface area contributed by atoms with E-state index in [1.54, 1.807) is 23.7 Å². The standard InChI is InChI=1S/C58H64N9O8P/c1-37(2)67(38(3)4)76(73-31-15-30-59)75-50-34-52(74-51(50)35-72-58(42-17-11-10-12-18-42,43-20-25-46(70-8)26-21-43)44-22-27-47(71-9)28-23-44)66-54-53(55(69)63-56(62-54)60-36-64(6)7)61-57(66)65(39(5)68)45-24-29-49-41(33-45)32-40-16-13-14-19-48(40)49/h10-14,16-29,33,36-38,50-52H,15,31-32,34-35H2,1-9H3,(H,62,63,69)/t50-,51+,52+,76?/m0/s1. The zero-order valence-corrected chi connectivity index (χ0v) is 45.2. The minimum absolute atomic E-state index is 0.0117. The van der Waals surface area contributed by atoms with Crippen molar-refractivity contribution < 1.29 is 32.8 Å². The highest BCUT2D eigenvalue weighted by molar-refractivity contribution is 7.44. The number of benzene rings is 5. The number of rotatable bonds is 21. The van der Waals surface area contributed by atoms with Gasteiger partial charge >= 0.3 is 0 Å². The number of amides is 1. The fraction of sp³-hybridized carbons (Fsp3) is 0.345. The zero-order valence-electron chi connectivity index (χ0n) is 44.3. The zero-order chi connectivity index (χ0) is 53.7. The molecule has 3 heterocycles. The number of ether oxygens (including phenoxy) is 4. The number of nitrogens with one attached hydrogen (secondary N) is 1. The molecule has 394 valence electrons. The van der Waals surface area contributed by atoms with Crippen LogP contribution < -0.4 is 19.9 Å². The normalized spacial score (nSPS) is 16.6. The van der Waals surface area contributed by atoms with Gasteiger partial charge in [-0.2, -0.15) is 10.2 Å². The van der Waals surface area contributed by atoms with E-state index in [4.69, 9.17) is 38.0 Å². The molecule has 1 unspecified atom stereocenters. The number of nitrogens with zero attached hydrogens (tertiary/aromatic N) is 8. The number of aromatic nitrogens is 4. The number of nitriles is 1. The van der Waals surface area contributed by atoms with Gasteiger partial charge in [0.15, 0.2) is 11.2 Å².